The second-order valence-electron chi connectivity index (χ2n) is 5.60. The van der Waals surface area contributed by atoms with Crippen molar-refractivity contribution in [2.24, 2.45) is 5.41 Å². The van der Waals surface area contributed by atoms with Crippen LogP contribution in [0.25, 0.3) is 0 Å². The van der Waals surface area contributed by atoms with Crippen LogP contribution in [0.3, 0.4) is 0 Å². The van der Waals surface area contributed by atoms with Crippen LogP contribution < -0.4 is 4.74 Å². The van der Waals surface area contributed by atoms with Gasteiger partial charge in [-0.15, -0.1) is 0 Å². The summed E-state index contributed by atoms with van der Waals surface area (Å²) < 4.78 is 6.02. The smallest absolute Gasteiger partial charge is 0.122 e. The van der Waals surface area contributed by atoms with Gasteiger partial charge in [-0.1, -0.05) is 41.9 Å². The first-order valence-corrected chi connectivity index (χ1v) is 7.48. The van der Waals surface area contributed by atoms with Crippen molar-refractivity contribution >= 4 is 15.9 Å². The van der Waals surface area contributed by atoms with Gasteiger partial charge in [-0.2, -0.15) is 0 Å². The zero-order valence-corrected chi connectivity index (χ0v) is 12.5. The molecule has 0 aliphatic heterocycles. The molecule has 0 radical (unpaired) electrons. The lowest BCUT2D eigenvalue weighted by atomic mass is 10.0. The highest BCUT2D eigenvalue weighted by Gasteiger charge is 2.42. The van der Waals surface area contributed by atoms with Gasteiger partial charge in [0, 0.05) is 10.7 Å². The molecule has 1 nitrogen and oxygen atoms in total. The van der Waals surface area contributed by atoms with Gasteiger partial charge in [0.2, 0.25) is 0 Å². The van der Waals surface area contributed by atoms with Crippen molar-refractivity contribution in [3.8, 4) is 5.75 Å². The van der Waals surface area contributed by atoms with E-state index in [4.69, 9.17) is 4.74 Å². The maximum Gasteiger partial charge on any atom is 0.122 e. The summed E-state index contributed by atoms with van der Waals surface area (Å²) in [4.78, 5) is 0. The Kier molecular flexibility index (Phi) is 3.82. The van der Waals surface area contributed by atoms with Gasteiger partial charge in [0.25, 0.3) is 0 Å². The van der Waals surface area contributed by atoms with Gasteiger partial charge in [0.15, 0.2) is 0 Å². The lowest BCUT2D eigenvalue weighted by Crippen LogP contribution is -2.14. The highest BCUT2D eigenvalue weighted by molar-refractivity contribution is 9.09. The standard InChI is InChI=1S/C15H21BrO/c1-11(2)13-5-4-12(3)14(8-13)17-10-15(9-16)6-7-15/h4-5,8,11H,6-7,9-10H2,1-3H3. The Morgan fingerprint density at radius 2 is 2.06 bits per heavy atom. The number of hydrogen-bond donors (Lipinski definition) is 0. The minimum Gasteiger partial charge on any atom is -0.493 e. The minimum absolute atomic E-state index is 0.417. The number of halogens is 1. The zero-order chi connectivity index (χ0) is 12.5. The Hall–Kier alpha value is -0.500. The SMILES string of the molecule is Cc1ccc(C(C)C)cc1OCC1(CBr)CC1. The Morgan fingerprint density at radius 1 is 1.35 bits per heavy atom. The monoisotopic (exact) mass is 296 g/mol. The molecule has 1 fully saturated rings. The van der Waals surface area contributed by atoms with E-state index in [1.54, 1.807) is 0 Å². The van der Waals surface area contributed by atoms with Crippen molar-refractivity contribution in [2.75, 3.05) is 11.9 Å². The second-order valence-corrected chi connectivity index (χ2v) is 6.16. The predicted octanol–water partition coefficient (Wildman–Crippen LogP) is 4.67. The normalized spacial score (nSPS) is 17.2. The first kappa shape index (κ1) is 12.9. The number of benzene rings is 1. The van der Waals surface area contributed by atoms with Crippen molar-refractivity contribution in [3.63, 3.8) is 0 Å². The molecule has 0 heterocycles. The number of alkyl halides is 1. The van der Waals surface area contributed by atoms with Gasteiger partial charge < -0.3 is 4.74 Å². The van der Waals surface area contributed by atoms with Crippen LogP contribution in [0, 0.1) is 12.3 Å². The van der Waals surface area contributed by atoms with Crippen LogP contribution in [0.1, 0.15) is 43.7 Å². The second kappa shape index (κ2) is 5.01. The van der Waals surface area contributed by atoms with Crippen molar-refractivity contribution in [2.45, 2.75) is 39.5 Å². The van der Waals surface area contributed by atoms with Crippen LogP contribution in [-0.2, 0) is 0 Å². The molecule has 2 rings (SSSR count). The lowest BCUT2D eigenvalue weighted by molar-refractivity contribution is 0.249. The molecular formula is C15H21BrO. The quantitative estimate of drug-likeness (QED) is 0.717. The van der Waals surface area contributed by atoms with Gasteiger partial charge in [-0.25, -0.2) is 0 Å². The highest BCUT2D eigenvalue weighted by Crippen LogP contribution is 2.47. The van der Waals surface area contributed by atoms with Gasteiger partial charge in [0.05, 0.1) is 6.61 Å². The minimum atomic E-state index is 0.417. The summed E-state index contributed by atoms with van der Waals surface area (Å²) in [6.07, 6.45) is 2.59. The predicted molar refractivity (Wildman–Crippen MR) is 76.2 cm³/mol. The van der Waals surface area contributed by atoms with Crippen molar-refractivity contribution in [1.29, 1.82) is 0 Å². The fourth-order valence-corrected chi connectivity index (χ4v) is 2.58. The van der Waals surface area contributed by atoms with Crippen molar-refractivity contribution in [1.82, 2.24) is 0 Å². The number of aryl methyl sites for hydroxylation is 1. The molecule has 17 heavy (non-hydrogen) atoms. The molecule has 0 unspecified atom stereocenters. The zero-order valence-electron chi connectivity index (χ0n) is 10.9. The van der Waals surface area contributed by atoms with Gasteiger partial charge in [-0.05, 0) is 42.9 Å². The van der Waals surface area contributed by atoms with Crippen molar-refractivity contribution in [3.05, 3.63) is 29.3 Å². The summed E-state index contributed by atoms with van der Waals surface area (Å²) in [7, 11) is 0. The summed E-state index contributed by atoms with van der Waals surface area (Å²) in [5.74, 6) is 1.62. The van der Waals surface area contributed by atoms with E-state index in [9.17, 15) is 0 Å². The molecule has 1 aliphatic rings. The maximum absolute atomic E-state index is 6.02. The molecule has 1 aromatic rings. The molecule has 1 aromatic carbocycles. The molecule has 0 saturated heterocycles. The van der Waals surface area contributed by atoms with Crippen LogP contribution >= 0.6 is 15.9 Å². The third-order valence-corrected chi connectivity index (χ3v) is 4.84. The largest absolute Gasteiger partial charge is 0.493 e. The van der Waals surface area contributed by atoms with E-state index in [1.807, 2.05) is 0 Å². The molecule has 0 aromatic heterocycles. The first-order chi connectivity index (χ1) is 8.06. The van der Waals surface area contributed by atoms with Crippen LogP contribution in [-0.4, -0.2) is 11.9 Å². The molecule has 2 heteroatoms. The third kappa shape index (κ3) is 3.04. The molecule has 0 N–H and O–H groups in total. The number of hydrogen-bond acceptors (Lipinski definition) is 1. The van der Waals surface area contributed by atoms with Crippen LogP contribution in [0.15, 0.2) is 18.2 Å². The van der Waals surface area contributed by atoms with Crippen LogP contribution in [0.4, 0.5) is 0 Å². The van der Waals surface area contributed by atoms with E-state index in [0.717, 1.165) is 17.7 Å². The molecule has 1 aliphatic carbocycles. The summed E-state index contributed by atoms with van der Waals surface area (Å²) in [5.41, 5.74) is 3.01. The summed E-state index contributed by atoms with van der Waals surface area (Å²) in [6, 6.07) is 6.56. The molecule has 0 spiro atoms. The molecule has 1 saturated carbocycles. The third-order valence-electron chi connectivity index (χ3n) is 3.65. The van der Waals surface area contributed by atoms with Gasteiger partial charge in [0.1, 0.15) is 5.75 Å². The Bertz CT molecular complexity index is 394. The average molecular weight is 297 g/mol. The maximum atomic E-state index is 6.02. The molecule has 0 amide bonds. The van der Waals surface area contributed by atoms with Gasteiger partial charge >= 0.3 is 0 Å². The number of rotatable bonds is 5. The lowest BCUT2D eigenvalue weighted by Gasteiger charge is -2.16. The Labute approximate surface area is 113 Å². The molecule has 94 valence electrons. The van der Waals surface area contributed by atoms with Crippen LogP contribution in [0.2, 0.25) is 0 Å². The molecule has 0 atom stereocenters. The van der Waals surface area contributed by atoms with Crippen molar-refractivity contribution < 1.29 is 4.74 Å². The van der Waals surface area contributed by atoms with E-state index < -0.39 is 0 Å². The van der Waals surface area contributed by atoms with E-state index in [1.165, 1.54) is 24.0 Å². The van der Waals surface area contributed by atoms with E-state index in [0.29, 0.717) is 11.3 Å². The first-order valence-electron chi connectivity index (χ1n) is 6.36. The Balaban J connectivity index is 2.06. The van der Waals surface area contributed by atoms with E-state index in [-0.39, 0.29) is 0 Å². The number of ether oxygens (including phenoxy) is 1. The average Bonchev–Trinajstić information content (AvgIpc) is 3.08. The van der Waals surface area contributed by atoms with Crippen LogP contribution in [0.5, 0.6) is 5.75 Å². The summed E-state index contributed by atoms with van der Waals surface area (Å²) in [6.45, 7) is 7.40. The summed E-state index contributed by atoms with van der Waals surface area (Å²) >= 11 is 3.58. The van der Waals surface area contributed by atoms with Gasteiger partial charge in [-0.3, -0.25) is 0 Å². The van der Waals surface area contributed by atoms with E-state index >= 15 is 0 Å². The fourth-order valence-electron chi connectivity index (χ4n) is 1.86. The fraction of sp³-hybridized carbons (Fsp3) is 0.600. The Morgan fingerprint density at radius 3 is 2.59 bits per heavy atom. The topological polar surface area (TPSA) is 9.23 Å². The van der Waals surface area contributed by atoms with E-state index in [2.05, 4.69) is 54.9 Å². The summed E-state index contributed by atoms with van der Waals surface area (Å²) in [5, 5.41) is 1.06. The molecule has 0 bridgehead atoms. The highest BCUT2D eigenvalue weighted by atomic mass is 79.9. The molecular weight excluding hydrogens is 276 g/mol.